The highest BCUT2D eigenvalue weighted by atomic mass is 19.1. The van der Waals surface area contributed by atoms with Crippen LogP contribution in [0.3, 0.4) is 0 Å². The molecule has 3 nitrogen and oxygen atoms in total. The molecule has 1 rings (SSSR count). The Labute approximate surface area is 84.1 Å². The molecule has 0 aliphatic rings. The Balaban J connectivity index is 3.50. The molecule has 0 heterocycles. The fourth-order valence-electron chi connectivity index (χ4n) is 0.980. The van der Waals surface area contributed by atoms with E-state index in [1.807, 2.05) is 0 Å². The first-order valence-corrected chi connectivity index (χ1v) is 3.79. The molecule has 0 fully saturated rings. The summed E-state index contributed by atoms with van der Waals surface area (Å²) in [6.45, 7) is 0. The molecule has 0 spiro atoms. The first-order valence-electron chi connectivity index (χ1n) is 3.79. The van der Waals surface area contributed by atoms with Gasteiger partial charge < -0.3 is 5.11 Å². The van der Waals surface area contributed by atoms with Crippen LogP contribution >= 0.6 is 0 Å². The number of aliphatic hydroxyl groups excluding tert-OH is 1. The number of halogens is 2. The Kier molecular flexibility index (Phi) is 3.00. The molecule has 74 valence electrons. The van der Waals surface area contributed by atoms with Crippen LogP contribution in [0.25, 0.3) is 5.76 Å². The van der Waals surface area contributed by atoms with Gasteiger partial charge in [-0.3, -0.25) is 0 Å². The monoisotopic (exact) mass is 206 g/mol. The van der Waals surface area contributed by atoms with Gasteiger partial charge in [-0.05, 0) is 12.1 Å². The average Bonchev–Trinajstić information content (AvgIpc) is 2.19. The molecule has 0 aromatic heterocycles. The van der Waals surface area contributed by atoms with Gasteiger partial charge in [0.2, 0.25) is 0 Å². The summed E-state index contributed by atoms with van der Waals surface area (Å²) in [6.07, 6.45) is 0. The second-order valence-corrected chi connectivity index (χ2v) is 2.54. The highest BCUT2D eigenvalue weighted by molar-refractivity contribution is 5.70. The Morgan fingerprint density at radius 1 is 1.13 bits per heavy atom. The highest BCUT2D eigenvalue weighted by Gasteiger charge is 2.16. The molecular weight excluding hydrogens is 202 g/mol. The first-order chi connectivity index (χ1) is 7.11. The lowest BCUT2D eigenvalue weighted by molar-refractivity contribution is 0.486. The third kappa shape index (κ3) is 1.92. The van der Waals surface area contributed by atoms with Crippen molar-refractivity contribution in [2.45, 2.75) is 0 Å². The van der Waals surface area contributed by atoms with Crippen molar-refractivity contribution in [2.75, 3.05) is 0 Å². The predicted octanol–water partition coefficient (Wildman–Crippen LogP) is 2.28. The summed E-state index contributed by atoms with van der Waals surface area (Å²) in [5.41, 5.74) is -1.50. The van der Waals surface area contributed by atoms with Gasteiger partial charge >= 0.3 is 0 Å². The van der Waals surface area contributed by atoms with Crippen molar-refractivity contribution in [3.8, 4) is 12.1 Å². The molecule has 1 aromatic rings. The van der Waals surface area contributed by atoms with Gasteiger partial charge in [-0.1, -0.05) is 6.07 Å². The Bertz CT molecular complexity index is 473. The zero-order valence-electron chi connectivity index (χ0n) is 7.33. The lowest BCUT2D eigenvalue weighted by atomic mass is 10.1. The molecule has 0 saturated heterocycles. The largest absolute Gasteiger partial charge is 0.505 e. The van der Waals surface area contributed by atoms with Crippen molar-refractivity contribution < 1.29 is 13.9 Å². The van der Waals surface area contributed by atoms with E-state index in [-0.39, 0.29) is 0 Å². The minimum atomic E-state index is -1.03. The van der Waals surface area contributed by atoms with Crippen LogP contribution < -0.4 is 0 Å². The summed E-state index contributed by atoms with van der Waals surface area (Å²) in [7, 11) is 0. The van der Waals surface area contributed by atoms with Crippen molar-refractivity contribution in [2.24, 2.45) is 0 Å². The molecule has 0 radical (unpaired) electrons. The smallest absolute Gasteiger partial charge is 0.172 e. The van der Waals surface area contributed by atoms with Crippen molar-refractivity contribution in [3.63, 3.8) is 0 Å². The van der Waals surface area contributed by atoms with E-state index in [1.54, 1.807) is 0 Å². The van der Waals surface area contributed by atoms with Crippen molar-refractivity contribution in [1.82, 2.24) is 0 Å². The van der Waals surface area contributed by atoms with Crippen LogP contribution in [0.1, 0.15) is 5.56 Å². The number of rotatable bonds is 1. The zero-order chi connectivity index (χ0) is 11.4. The van der Waals surface area contributed by atoms with Crippen LogP contribution in [0.4, 0.5) is 8.78 Å². The van der Waals surface area contributed by atoms with Crippen molar-refractivity contribution >= 4 is 5.76 Å². The molecule has 1 aromatic carbocycles. The lowest BCUT2D eigenvalue weighted by Crippen LogP contribution is -1.96. The topological polar surface area (TPSA) is 67.8 Å². The number of nitrogens with zero attached hydrogens (tertiary/aromatic N) is 2. The SMILES string of the molecule is N#CC(C#N)=C(O)c1c(F)cccc1F. The highest BCUT2D eigenvalue weighted by Crippen LogP contribution is 2.21. The summed E-state index contributed by atoms with van der Waals surface area (Å²) in [5, 5.41) is 26.1. The van der Waals surface area contributed by atoms with Crippen LogP contribution in [0.15, 0.2) is 23.8 Å². The van der Waals surface area contributed by atoms with E-state index >= 15 is 0 Å². The predicted molar refractivity (Wildman–Crippen MR) is 47.1 cm³/mol. The fraction of sp³-hybridized carbons (Fsp3) is 0. The van der Waals surface area contributed by atoms with Gasteiger partial charge in [-0.15, -0.1) is 0 Å². The van der Waals surface area contributed by atoms with Gasteiger partial charge in [0.25, 0.3) is 0 Å². The Hall–Kier alpha value is -2.40. The maximum atomic E-state index is 13.1. The third-order valence-electron chi connectivity index (χ3n) is 1.66. The maximum absolute atomic E-state index is 13.1. The number of benzene rings is 1. The molecule has 0 amide bonds. The van der Waals surface area contributed by atoms with Gasteiger partial charge in [0.1, 0.15) is 23.8 Å². The fourth-order valence-corrected chi connectivity index (χ4v) is 0.980. The van der Waals surface area contributed by atoms with Crippen LogP contribution in [-0.2, 0) is 0 Å². The maximum Gasteiger partial charge on any atom is 0.172 e. The number of nitriles is 2. The normalized spacial score (nSPS) is 8.80. The third-order valence-corrected chi connectivity index (χ3v) is 1.66. The summed E-state index contributed by atoms with van der Waals surface area (Å²) in [6, 6.07) is 5.63. The van der Waals surface area contributed by atoms with E-state index in [4.69, 9.17) is 10.5 Å². The van der Waals surface area contributed by atoms with Crippen LogP contribution in [0.5, 0.6) is 0 Å². The second-order valence-electron chi connectivity index (χ2n) is 2.54. The number of allylic oxidation sites excluding steroid dienone is 1. The molecule has 0 bridgehead atoms. The van der Waals surface area contributed by atoms with Gasteiger partial charge in [0.15, 0.2) is 11.3 Å². The quantitative estimate of drug-likeness (QED) is 0.566. The Morgan fingerprint density at radius 3 is 2.00 bits per heavy atom. The minimum Gasteiger partial charge on any atom is -0.505 e. The van der Waals surface area contributed by atoms with E-state index in [1.165, 1.54) is 12.1 Å². The molecule has 0 aliphatic carbocycles. The van der Waals surface area contributed by atoms with E-state index < -0.39 is 28.5 Å². The van der Waals surface area contributed by atoms with E-state index in [9.17, 15) is 13.9 Å². The van der Waals surface area contributed by atoms with Gasteiger partial charge in [0, 0.05) is 0 Å². The first kappa shape index (κ1) is 10.7. The van der Waals surface area contributed by atoms with Crippen molar-refractivity contribution in [3.05, 3.63) is 41.0 Å². The average molecular weight is 206 g/mol. The van der Waals surface area contributed by atoms with Gasteiger partial charge in [-0.2, -0.15) is 10.5 Å². The minimum absolute atomic E-state index is 0.737. The van der Waals surface area contributed by atoms with Gasteiger partial charge in [0.05, 0.1) is 5.56 Å². The molecule has 1 N–H and O–H groups in total. The Morgan fingerprint density at radius 2 is 1.60 bits per heavy atom. The number of hydrogen-bond acceptors (Lipinski definition) is 3. The van der Waals surface area contributed by atoms with E-state index in [2.05, 4.69) is 0 Å². The summed E-state index contributed by atoms with van der Waals surface area (Å²) >= 11 is 0. The second kappa shape index (κ2) is 4.21. The molecular formula is C10H4F2N2O. The van der Waals surface area contributed by atoms with Gasteiger partial charge in [-0.25, -0.2) is 8.78 Å². The van der Waals surface area contributed by atoms with Crippen LogP contribution in [-0.4, -0.2) is 5.11 Å². The molecule has 0 aliphatic heterocycles. The molecule has 0 unspecified atom stereocenters. The zero-order valence-corrected chi connectivity index (χ0v) is 7.33. The standard InChI is InChI=1S/C10H4F2N2O/c11-7-2-1-3-8(12)9(7)10(15)6(4-13)5-14/h1-3,15H. The summed E-state index contributed by atoms with van der Waals surface area (Å²) in [4.78, 5) is 0. The van der Waals surface area contributed by atoms with Crippen LogP contribution in [0, 0.1) is 34.3 Å². The number of hydrogen-bond donors (Lipinski definition) is 1. The number of aliphatic hydroxyl groups is 1. The van der Waals surface area contributed by atoms with E-state index in [0.717, 1.165) is 18.2 Å². The van der Waals surface area contributed by atoms with Crippen LogP contribution in [0.2, 0.25) is 0 Å². The van der Waals surface area contributed by atoms with E-state index in [0.29, 0.717) is 0 Å². The molecule has 0 saturated carbocycles. The summed E-state index contributed by atoms with van der Waals surface area (Å²) < 4.78 is 26.2. The summed E-state index contributed by atoms with van der Waals surface area (Å²) in [5.74, 6) is -3.05. The molecule has 5 heteroatoms. The molecule has 15 heavy (non-hydrogen) atoms. The van der Waals surface area contributed by atoms with Crippen molar-refractivity contribution in [1.29, 1.82) is 10.5 Å². The molecule has 0 atom stereocenters. The lowest BCUT2D eigenvalue weighted by Gasteiger charge is -2.02.